The summed E-state index contributed by atoms with van der Waals surface area (Å²) in [5.74, 6) is 0.519. The molecule has 98 valence electrons. The standard InChI is InChI=1S/C11H15N3O2S2/c1-3-5-8-12-13-11(18-8)14-9(15)6-7(10(14)16)17-4-2/h7H,3-6H2,1-2H3. The van der Waals surface area contributed by atoms with Crippen LogP contribution in [0.15, 0.2) is 0 Å². The number of thioether (sulfide) groups is 1. The van der Waals surface area contributed by atoms with Crippen molar-refractivity contribution in [2.45, 2.75) is 38.4 Å². The average Bonchev–Trinajstić information content (AvgIpc) is 2.87. The van der Waals surface area contributed by atoms with Gasteiger partial charge in [0.25, 0.3) is 0 Å². The van der Waals surface area contributed by atoms with Gasteiger partial charge < -0.3 is 0 Å². The van der Waals surface area contributed by atoms with Gasteiger partial charge in [0.15, 0.2) is 0 Å². The van der Waals surface area contributed by atoms with Gasteiger partial charge in [-0.3, -0.25) is 9.59 Å². The van der Waals surface area contributed by atoms with Crippen LogP contribution in [0.5, 0.6) is 0 Å². The van der Waals surface area contributed by atoms with Gasteiger partial charge in [0.05, 0.1) is 5.25 Å². The fourth-order valence-electron chi connectivity index (χ4n) is 1.79. The van der Waals surface area contributed by atoms with Crippen LogP contribution < -0.4 is 4.90 Å². The molecule has 0 spiro atoms. The van der Waals surface area contributed by atoms with E-state index in [0.29, 0.717) is 5.13 Å². The Kier molecular flexibility index (Phi) is 4.34. The van der Waals surface area contributed by atoms with Gasteiger partial charge in [-0.05, 0) is 12.2 Å². The molecule has 1 fully saturated rings. The minimum absolute atomic E-state index is 0.147. The molecule has 0 aromatic carbocycles. The zero-order valence-electron chi connectivity index (χ0n) is 10.4. The van der Waals surface area contributed by atoms with Gasteiger partial charge in [-0.1, -0.05) is 25.2 Å². The van der Waals surface area contributed by atoms with E-state index >= 15 is 0 Å². The molecule has 0 aliphatic carbocycles. The molecular formula is C11H15N3O2S2. The summed E-state index contributed by atoms with van der Waals surface area (Å²) < 4.78 is 0. The van der Waals surface area contributed by atoms with Crippen molar-refractivity contribution in [2.24, 2.45) is 0 Å². The molecule has 1 unspecified atom stereocenters. The van der Waals surface area contributed by atoms with Crippen LogP contribution in [0.3, 0.4) is 0 Å². The summed E-state index contributed by atoms with van der Waals surface area (Å²) in [4.78, 5) is 25.2. The highest BCUT2D eigenvalue weighted by atomic mass is 32.2. The van der Waals surface area contributed by atoms with E-state index in [9.17, 15) is 9.59 Å². The fraction of sp³-hybridized carbons (Fsp3) is 0.636. The Bertz CT molecular complexity index is 461. The maximum absolute atomic E-state index is 12.1. The number of imide groups is 1. The van der Waals surface area contributed by atoms with Crippen LogP contribution >= 0.6 is 23.1 Å². The zero-order valence-corrected chi connectivity index (χ0v) is 12.0. The van der Waals surface area contributed by atoms with Gasteiger partial charge in [0.2, 0.25) is 16.9 Å². The number of aromatic nitrogens is 2. The summed E-state index contributed by atoms with van der Waals surface area (Å²) >= 11 is 2.85. The molecule has 0 saturated carbocycles. The second kappa shape index (κ2) is 5.79. The molecule has 1 aromatic rings. The van der Waals surface area contributed by atoms with E-state index in [1.165, 1.54) is 28.0 Å². The molecule has 1 aromatic heterocycles. The third-order valence-corrected chi connectivity index (χ3v) is 4.66. The summed E-state index contributed by atoms with van der Waals surface area (Å²) in [6.45, 7) is 4.04. The monoisotopic (exact) mass is 285 g/mol. The van der Waals surface area contributed by atoms with Crippen molar-refractivity contribution in [2.75, 3.05) is 10.7 Å². The molecule has 2 rings (SSSR count). The first-order valence-corrected chi connectivity index (χ1v) is 7.84. The van der Waals surface area contributed by atoms with Gasteiger partial charge in [0, 0.05) is 12.8 Å². The molecule has 1 aliphatic heterocycles. The van der Waals surface area contributed by atoms with Crippen molar-refractivity contribution in [3.05, 3.63) is 5.01 Å². The molecule has 7 heteroatoms. The molecule has 0 N–H and O–H groups in total. The van der Waals surface area contributed by atoms with Crippen LogP contribution in [0.2, 0.25) is 0 Å². The Morgan fingerprint density at radius 1 is 1.39 bits per heavy atom. The van der Waals surface area contributed by atoms with Crippen LogP contribution in [0.4, 0.5) is 5.13 Å². The first kappa shape index (κ1) is 13.5. The third-order valence-electron chi connectivity index (χ3n) is 2.58. The Morgan fingerprint density at radius 3 is 2.83 bits per heavy atom. The molecular weight excluding hydrogens is 270 g/mol. The van der Waals surface area contributed by atoms with Gasteiger partial charge in [-0.2, -0.15) is 0 Å². The van der Waals surface area contributed by atoms with E-state index < -0.39 is 0 Å². The molecule has 1 atom stereocenters. The Hall–Kier alpha value is -0.950. The minimum atomic E-state index is -0.249. The number of nitrogens with zero attached hydrogens (tertiary/aromatic N) is 3. The van der Waals surface area contributed by atoms with Crippen LogP contribution in [-0.2, 0) is 16.0 Å². The number of carbonyl (C=O) groups is 2. The largest absolute Gasteiger partial charge is 0.274 e. The molecule has 1 aliphatic rings. The predicted octanol–water partition coefficient (Wildman–Crippen LogP) is 1.88. The Balaban J connectivity index is 2.16. The van der Waals surface area contributed by atoms with E-state index in [2.05, 4.69) is 17.1 Å². The second-order valence-corrected chi connectivity index (χ2v) is 6.46. The van der Waals surface area contributed by atoms with Crippen LogP contribution in [0.25, 0.3) is 0 Å². The van der Waals surface area contributed by atoms with Crippen molar-refractivity contribution in [1.29, 1.82) is 0 Å². The zero-order chi connectivity index (χ0) is 13.1. The highest BCUT2D eigenvalue weighted by Crippen LogP contribution is 2.31. The lowest BCUT2D eigenvalue weighted by Crippen LogP contribution is -2.31. The summed E-state index contributed by atoms with van der Waals surface area (Å²) in [6, 6.07) is 0. The van der Waals surface area contributed by atoms with Crippen molar-refractivity contribution in [3.8, 4) is 0 Å². The molecule has 0 radical (unpaired) electrons. The number of rotatable bonds is 5. The number of hydrogen-bond donors (Lipinski definition) is 0. The van der Waals surface area contributed by atoms with Crippen LogP contribution in [-0.4, -0.2) is 33.0 Å². The lowest BCUT2D eigenvalue weighted by atomic mass is 10.4. The first-order chi connectivity index (χ1) is 8.67. The summed E-state index contributed by atoms with van der Waals surface area (Å²) in [5.41, 5.74) is 0. The average molecular weight is 285 g/mol. The molecule has 1 saturated heterocycles. The van der Waals surface area contributed by atoms with E-state index in [1.54, 1.807) is 0 Å². The molecule has 0 bridgehead atoms. The maximum atomic E-state index is 12.1. The third kappa shape index (κ3) is 2.56. The van der Waals surface area contributed by atoms with Crippen molar-refractivity contribution in [3.63, 3.8) is 0 Å². The Labute approximate surface area is 114 Å². The number of carbonyl (C=O) groups excluding carboxylic acids is 2. The topological polar surface area (TPSA) is 63.2 Å². The van der Waals surface area contributed by atoms with Gasteiger partial charge in [0.1, 0.15) is 5.01 Å². The summed E-state index contributed by atoms with van der Waals surface area (Å²) in [6.07, 6.45) is 2.09. The predicted molar refractivity (Wildman–Crippen MR) is 72.9 cm³/mol. The lowest BCUT2D eigenvalue weighted by molar-refractivity contribution is -0.121. The quantitative estimate of drug-likeness (QED) is 0.773. The van der Waals surface area contributed by atoms with E-state index in [1.807, 2.05) is 6.92 Å². The smallest absolute Gasteiger partial charge is 0.249 e. The normalized spacial score (nSPS) is 19.9. The minimum Gasteiger partial charge on any atom is -0.274 e. The highest BCUT2D eigenvalue weighted by molar-refractivity contribution is 8.00. The van der Waals surface area contributed by atoms with Crippen molar-refractivity contribution >= 4 is 40.0 Å². The van der Waals surface area contributed by atoms with Crippen molar-refractivity contribution in [1.82, 2.24) is 10.2 Å². The lowest BCUT2D eigenvalue weighted by Gasteiger charge is -2.09. The van der Waals surface area contributed by atoms with Gasteiger partial charge in [-0.25, -0.2) is 4.90 Å². The second-order valence-electron chi connectivity index (χ2n) is 3.94. The Morgan fingerprint density at radius 2 is 2.17 bits per heavy atom. The maximum Gasteiger partial charge on any atom is 0.249 e. The number of aryl methyl sites for hydroxylation is 1. The first-order valence-electron chi connectivity index (χ1n) is 5.98. The molecule has 2 heterocycles. The number of amides is 2. The summed E-state index contributed by atoms with van der Waals surface area (Å²) in [5, 5.41) is 9.01. The van der Waals surface area contributed by atoms with Gasteiger partial charge in [-0.15, -0.1) is 22.0 Å². The van der Waals surface area contributed by atoms with Gasteiger partial charge >= 0.3 is 0 Å². The molecule has 2 amide bonds. The van der Waals surface area contributed by atoms with Crippen molar-refractivity contribution < 1.29 is 9.59 Å². The van der Waals surface area contributed by atoms with Crippen LogP contribution in [0.1, 0.15) is 31.7 Å². The van der Waals surface area contributed by atoms with E-state index in [-0.39, 0.29) is 23.5 Å². The fourth-order valence-corrected chi connectivity index (χ4v) is 3.66. The number of anilines is 1. The van der Waals surface area contributed by atoms with E-state index in [4.69, 9.17) is 0 Å². The number of hydrogen-bond acceptors (Lipinski definition) is 6. The van der Waals surface area contributed by atoms with E-state index in [0.717, 1.165) is 23.6 Å². The van der Waals surface area contributed by atoms with Crippen LogP contribution in [0, 0.1) is 0 Å². The highest BCUT2D eigenvalue weighted by Gasteiger charge is 2.41. The summed E-state index contributed by atoms with van der Waals surface area (Å²) in [7, 11) is 0. The molecule has 18 heavy (non-hydrogen) atoms. The SMILES string of the molecule is CCCc1nnc(N2C(=O)CC(SCC)C2=O)s1. The molecule has 5 nitrogen and oxygen atoms in total.